The fourth-order valence-corrected chi connectivity index (χ4v) is 2.52. The van der Waals surface area contributed by atoms with Gasteiger partial charge in [-0.1, -0.05) is 24.3 Å². The van der Waals surface area contributed by atoms with Gasteiger partial charge in [-0.15, -0.1) is 0 Å². The second kappa shape index (κ2) is 7.91. The number of carbonyl (C=O) groups is 2. The van der Waals surface area contributed by atoms with Gasteiger partial charge in [-0.3, -0.25) is 9.59 Å². The molecule has 0 saturated heterocycles. The van der Waals surface area contributed by atoms with Crippen molar-refractivity contribution in [2.45, 2.75) is 19.4 Å². The standard InChI is InChI=1S/C16H21NO5/c1-2-21-7-8-22-11-15(18)17-9-12-5-3-4-6-13(12)14(10-17)16(19)20/h3-6,14H,2,7-11H2,1H3,(H,19,20). The summed E-state index contributed by atoms with van der Waals surface area (Å²) in [5.41, 5.74) is 1.67. The Morgan fingerprint density at radius 3 is 2.73 bits per heavy atom. The first-order valence-electron chi connectivity index (χ1n) is 7.37. The van der Waals surface area contributed by atoms with Crippen LogP contribution in [0.4, 0.5) is 0 Å². The molecule has 6 heteroatoms. The molecule has 1 atom stereocenters. The molecule has 0 radical (unpaired) electrons. The molecule has 1 amide bonds. The van der Waals surface area contributed by atoms with Gasteiger partial charge in [0.2, 0.25) is 5.91 Å². The van der Waals surface area contributed by atoms with Gasteiger partial charge in [0, 0.05) is 19.7 Å². The van der Waals surface area contributed by atoms with Crippen molar-refractivity contribution in [3.8, 4) is 0 Å². The molecule has 0 saturated carbocycles. The third-order valence-electron chi connectivity index (χ3n) is 3.65. The number of hydrogen-bond acceptors (Lipinski definition) is 4. The van der Waals surface area contributed by atoms with E-state index in [9.17, 15) is 14.7 Å². The summed E-state index contributed by atoms with van der Waals surface area (Å²) in [5, 5.41) is 9.37. The topological polar surface area (TPSA) is 76.1 Å². The summed E-state index contributed by atoms with van der Waals surface area (Å²) in [7, 11) is 0. The Morgan fingerprint density at radius 1 is 1.27 bits per heavy atom. The number of carboxylic acids is 1. The highest BCUT2D eigenvalue weighted by atomic mass is 16.5. The van der Waals surface area contributed by atoms with Crippen molar-refractivity contribution >= 4 is 11.9 Å². The van der Waals surface area contributed by atoms with Crippen molar-refractivity contribution in [1.82, 2.24) is 4.90 Å². The van der Waals surface area contributed by atoms with Gasteiger partial charge < -0.3 is 19.5 Å². The molecule has 1 heterocycles. The Labute approximate surface area is 129 Å². The smallest absolute Gasteiger partial charge is 0.312 e. The summed E-state index contributed by atoms with van der Waals surface area (Å²) >= 11 is 0. The maximum atomic E-state index is 12.2. The summed E-state index contributed by atoms with van der Waals surface area (Å²) in [6, 6.07) is 7.35. The van der Waals surface area contributed by atoms with Crippen LogP contribution in [0.2, 0.25) is 0 Å². The van der Waals surface area contributed by atoms with E-state index in [-0.39, 0.29) is 19.1 Å². The van der Waals surface area contributed by atoms with E-state index < -0.39 is 11.9 Å². The largest absolute Gasteiger partial charge is 0.481 e. The third-order valence-corrected chi connectivity index (χ3v) is 3.65. The van der Waals surface area contributed by atoms with E-state index in [0.717, 1.165) is 11.1 Å². The quantitative estimate of drug-likeness (QED) is 0.767. The van der Waals surface area contributed by atoms with E-state index in [1.54, 1.807) is 4.90 Å². The highest BCUT2D eigenvalue weighted by Crippen LogP contribution is 2.28. The second-order valence-corrected chi connectivity index (χ2v) is 5.11. The van der Waals surface area contributed by atoms with Crippen LogP contribution in [0.5, 0.6) is 0 Å². The Morgan fingerprint density at radius 2 is 2.00 bits per heavy atom. The zero-order chi connectivity index (χ0) is 15.9. The van der Waals surface area contributed by atoms with Crippen molar-refractivity contribution in [3.63, 3.8) is 0 Å². The van der Waals surface area contributed by atoms with E-state index in [1.807, 2.05) is 31.2 Å². The van der Waals surface area contributed by atoms with Crippen LogP contribution in [-0.2, 0) is 25.6 Å². The van der Waals surface area contributed by atoms with Crippen LogP contribution in [0.3, 0.4) is 0 Å². The highest BCUT2D eigenvalue weighted by Gasteiger charge is 2.32. The van der Waals surface area contributed by atoms with Crippen LogP contribution in [0.1, 0.15) is 24.0 Å². The van der Waals surface area contributed by atoms with Crippen LogP contribution in [0.15, 0.2) is 24.3 Å². The summed E-state index contributed by atoms with van der Waals surface area (Å²) in [5.74, 6) is -1.79. The third kappa shape index (κ3) is 4.05. The Kier molecular flexibility index (Phi) is 5.91. The van der Waals surface area contributed by atoms with Crippen LogP contribution in [0.25, 0.3) is 0 Å². The second-order valence-electron chi connectivity index (χ2n) is 5.11. The van der Waals surface area contributed by atoms with Crippen molar-refractivity contribution in [2.24, 2.45) is 0 Å². The van der Waals surface area contributed by atoms with E-state index in [2.05, 4.69) is 0 Å². The van der Waals surface area contributed by atoms with Crippen molar-refractivity contribution in [3.05, 3.63) is 35.4 Å². The molecule has 1 aliphatic heterocycles. The highest BCUT2D eigenvalue weighted by molar-refractivity contribution is 5.82. The number of carboxylic acid groups (broad SMARTS) is 1. The molecular formula is C16H21NO5. The normalized spacial score (nSPS) is 17.1. The molecule has 1 N–H and O–H groups in total. The molecule has 0 aliphatic carbocycles. The molecule has 0 bridgehead atoms. The fourth-order valence-electron chi connectivity index (χ4n) is 2.52. The van der Waals surface area contributed by atoms with E-state index in [0.29, 0.717) is 26.4 Å². The van der Waals surface area contributed by atoms with E-state index in [4.69, 9.17) is 9.47 Å². The van der Waals surface area contributed by atoms with Gasteiger partial charge >= 0.3 is 5.97 Å². The lowest BCUT2D eigenvalue weighted by atomic mass is 9.90. The summed E-state index contributed by atoms with van der Waals surface area (Å²) in [6.07, 6.45) is 0. The monoisotopic (exact) mass is 307 g/mol. The predicted molar refractivity (Wildman–Crippen MR) is 79.5 cm³/mol. The minimum absolute atomic E-state index is 0.0540. The summed E-state index contributed by atoms with van der Waals surface area (Å²) < 4.78 is 10.4. The van der Waals surface area contributed by atoms with Crippen molar-refractivity contribution in [2.75, 3.05) is 33.0 Å². The zero-order valence-electron chi connectivity index (χ0n) is 12.7. The number of nitrogens with zero attached hydrogens (tertiary/aromatic N) is 1. The van der Waals surface area contributed by atoms with Gasteiger partial charge in [0.1, 0.15) is 6.61 Å². The maximum Gasteiger partial charge on any atom is 0.312 e. The lowest BCUT2D eigenvalue weighted by Gasteiger charge is -2.32. The first kappa shape index (κ1) is 16.5. The Bertz CT molecular complexity index is 531. The van der Waals surface area contributed by atoms with Gasteiger partial charge in [0.05, 0.1) is 19.1 Å². The average molecular weight is 307 g/mol. The van der Waals surface area contributed by atoms with Crippen molar-refractivity contribution in [1.29, 1.82) is 0 Å². The van der Waals surface area contributed by atoms with Gasteiger partial charge in [-0.2, -0.15) is 0 Å². The summed E-state index contributed by atoms with van der Waals surface area (Å²) in [6.45, 7) is 3.86. The first-order chi connectivity index (χ1) is 10.6. The molecule has 120 valence electrons. The lowest BCUT2D eigenvalue weighted by molar-refractivity contribution is -0.143. The van der Waals surface area contributed by atoms with Crippen LogP contribution >= 0.6 is 0 Å². The number of hydrogen-bond donors (Lipinski definition) is 1. The molecule has 22 heavy (non-hydrogen) atoms. The number of ether oxygens (including phenoxy) is 2. The average Bonchev–Trinajstić information content (AvgIpc) is 2.53. The summed E-state index contributed by atoms with van der Waals surface area (Å²) in [4.78, 5) is 25.2. The number of amides is 1. The lowest BCUT2D eigenvalue weighted by Crippen LogP contribution is -2.42. The van der Waals surface area contributed by atoms with E-state index in [1.165, 1.54) is 0 Å². The minimum Gasteiger partial charge on any atom is -0.481 e. The molecule has 0 spiro atoms. The fraction of sp³-hybridized carbons (Fsp3) is 0.500. The van der Waals surface area contributed by atoms with Crippen molar-refractivity contribution < 1.29 is 24.2 Å². The Hall–Kier alpha value is -1.92. The SMILES string of the molecule is CCOCCOCC(=O)N1Cc2ccccc2C(C(=O)O)C1. The minimum atomic E-state index is -0.915. The maximum absolute atomic E-state index is 12.2. The molecule has 6 nitrogen and oxygen atoms in total. The molecule has 1 aliphatic rings. The van der Waals surface area contributed by atoms with Crippen LogP contribution in [-0.4, -0.2) is 54.9 Å². The van der Waals surface area contributed by atoms with Crippen LogP contribution < -0.4 is 0 Å². The molecule has 1 aromatic carbocycles. The molecule has 2 rings (SSSR count). The molecule has 1 aromatic rings. The predicted octanol–water partition coefficient (Wildman–Crippen LogP) is 1.25. The number of fused-ring (bicyclic) bond motifs is 1. The molecule has 0 fully saturated rings. The van der Waals surface area contributed by atoms with Gasteiger partial charge in [-0.25, -0.2) is 0 Å². The van der Waals surface area contributed by atoms with Crippen LogP contribution in [0, 0.1) is 0 Å². The number of carbonyl (C=O) groups excluding carboxylic acids is 1. The Balaban J connectivity index is 1.96. The van der Waals surface area contributed by atoms with Gasteiger partial charge in [-0.05, 0) is 18.1 Å². The zero-order valence-corrected chi connectivity index (χ0v) is 12.7. The molecular weight excluding hydrogens is 286 g/mol. The molecule has 1 unspecified atom stereocenters. The first-order valence-corrected chi connectivity index (χ1v) is 7.37. The number of benzene rings is 1. The van der Waals surface area contributed by atoms with Gasteiger partial charge in [0.25, 0.3) is 0 Å². The number of rotatable bonds is 7. The van der Waals surface area contributed by atoms with Gasteiger partial charge in [0.15, 0.2) is 0 Å². The molecule has 0 aromatic heterocycles. The van der Waals surface area contributed by atoms with E-state index >= 15 is 0 Å². The number of aliphatic carboxylic acids is 1.